The fourth-order valence-electron chi connectivity index (χ4n) is 5.66. The number of aromatic nitrogens is 3. The lowest BCUT2D eigenvalue weighted by Gasteiger charge is -2.40. The number of amides is 1. The molecule has 0 unspecified atom stereocenters. The van der Waals surface area contributed by atoms with Gasteiger partial charge in [-0.25, -0.2) is 9.37 Å². The van der Waals surface area contributed by atoms with Gasteiger partial charge in [-0.15, -0.1) is 0 Å². The molecule has 4 heterocycles. The van der Waals surface area contributed by atoms with Crippen LogP contribution in [0, 0.1) is 19.2 Å². The van der Waals surface area contributed by atoms with Crippen LogP contribution in [0.2, 0.25) is 5.02 Å². The number of fused-ring (bicyclic) bond motifs is 1. The van der Waals surface area contributed by atoms with Gasteiger partial charge >= 0.3 is 12.2 Å². The number of likely N-dealkylation sites (tertiary alicyclic amines) is 1. The number of alkyl halides is 3. The molecule has 0 saturated carbocycles. The van der Waals surface area contributed by atoms with Crippen molar-refractivity contribution in [2.24, 2.45) is 0 Å². The molecule has 5 rings (SSSR count). The minimum Gasteiger partial charge on any atom is -0.462 e. The molecule has 0 bridgehead atoms. The molecule has 0 aliphatic carbocycles. The molecule has 43 heavy (non-hydrogen) atoms. The standard InChI is InChI=1S/C29H31ClF4N7O2/c1-5-21(42)40-9-10-41(16(3)13-40)27-18-12-19(30)22(26-23(29(32,33)34)15(2)11-20(35)36-26)24(31)25(18)37-28(38-27)43-14-17-7-6-8-39(17)4/h5-6,11-12,16-17H,1,7-10,13-14H2,2-4H3,(H2,35,36)/q+1/t16-,17-/m0/s1. The summed E-state index contributed by atoms with van der Waals surface area (Å²) < 4.78 is 65.0. The van der Waals surface area contributed by atoms with Gasteiger partial charge in [0.25, 0.3) is 0 Å². The van der Waals surface area contributed by atoms with Crippen LogP contribution in [-0.2, 0) is 11.0 Å². The Morgan fingerprint density at radius 3 is 2.65 bits per heavy atom. The lowest BCUT2D eigenvalue weighted by molar-refractivity contribution is -0.137. The number of nitrogens with zero attached hydrogens (tertiary/aromatic N) is 6. The van der Waals surface area contributed by atoms with E-state index >= 15 is 4.39 Å². The number of halogens is 5. The Kier molecular flexibility index (Phi) is 8.32. The number of pyridine rings is 1. The van der Waals surface area contributed by atoms with E-state index in [1.165, 1.54) is 19.1 Å². The van der Waals surface area contributed by atoms with Crippen LogP contribution in [0.25, 0.3) is 22.2 Å². The summed E-state index contributed by atoms with van der Waals surface area (Å²) in [5.74, 6) is -1.27. The monoisotopic (exact) mass is 620 g/mol. The van der Waals surface area contributed by atoms with Gasteiger partial charge in [0, 0.05) is 31.1 Å². The number of aryl methyl sites for hydroxylation is 1. The van der Waals surface area contributed by atoms with Gasteiger partial charge < -0.3 is 20.3 Å². The van der Waals surface area contributed by atoms with Crippen molar-refractivity contribution in [3.8, 4) is 17.3 Å². The fraction of sp³-hybridized carbons (Fsp3) is 0.414. The summed E-state index contributed by atoms with van der Waals surface area (Å²) in [6.45, 7) is 8.66. The fourth-order valence-corrected chi connectivity index (χ4v) is 5.95. The van der Waals surface area contributed by atoms with Gasteiger partial charge in [0.1, 0.15) is 36.7 Å². The van der Waals surface area contributed by atoms with Gasteiger partial charge in [0.05, 0.1) is 34.3 Å². The maximum Gasteiger partial charge on any atom is 0.418 e. The van der Waals surface area contributed by atoms with Crippen molar-refractivity contribution in [2.45, 2.75) is 38.5 Å². The molecular formula is C29H31ClF4N7O2+. The maximum absolute atomic E-state index is 16.5. The first-order valence-corrected chi connectivity index (χ1v) is 14.0. The number of rotatable bonds is 6. The quantitative estimate of drug-likeness (QED) is 0.236. The summed E-state index contributed by atoms with van der Waals surface area (Å²) in [4.78, 5) is 30.7. The molecule has 3 aromatic rings. The van der Waals surface area contributed by atoms with Crippen molar-refractivity contribution in [3.63, 3.8) is 0 Å². The highest BCUT2D eigenvalue weighted by molar-refractivity contribution is 6.34. The molecule has 1 amide bonds. The molecule has 9 nitrogen and oxygen atoms in total. The average Bonchev–Trinajstić information content (AvgIpc) is 3.34. The number of nitrogen functional groups attached to an aromatic ring is 1. The lowest BCUT2D eigenvalue weighted by atomic mass is 9.99. The third-order valence-corrected chi connectivity index (χ3v) is 8.17. The van der Waals surface area contributed by atoms with E-state index in [0.717, 1.165) is 19.0 Å². The third-order valence-electron chi connectivity index (χ3n) is 7.87. The minimum absolute atomic E-state index is 0.0505. The van der Waals surface area contributed by atoms with E-state index < -0.39 is 28.8 Å². The van der Waals surface area contributed by atoms with Gasteiger partial charge in [-0.2, -0.15) is 23.1 Å². The average molecular weight is 621 g/mol. The van der Waals surface area contributed by atoms with Crippen LogP contribution >= 0.6 is 11.6 Å². The normalized spacial score (nSPS) is 19.5. The highest BCUT2D eigenvalue weighted by Gasteiger charge is 2.39. The van der Waals surface area contributed by atoms with Crippen LogP contribution < -0.4 is 15.4 Å². The molecule has 14 heteroatoms. The Morgan fingerprint density at radius 1 is 1.28 bits per heavy atom. The zero-order valence-electron chi connectivity index (χ0n) is 23.9. The highest BCUT2D eigenvalue weighted by atomic mass is 35.5. The first-order chi connectivity index (χ1) is 20.3. The Bertz CT molecular complexity index is 1590. The molecule has 228 valence electrons. The van der Waals surface area contributed by atoms with Crippen LogP contribution in [0.3, 0.4) is 0 Å². The molecule has 2 fully saturated rings. The molecule has 2 aliphatic heterocycles. The van der Waals surface area contributed by atoms with Crippen LogP contribution in [-0.4, -0.2) is 82.6 Å². The zero-order chi connectivity index (χ0) is 31.2. The summed E-state index contributed by atoms with van der Waals surface area (Å²) in [6, 6.07) is 2.05. The van der Waals surface area contributed by atoms with Gasteiger partial charge in [-0.1, -0.05) is 18.2 Å². The zero-order valence-corrected chi connectivity index (χ0v) is 24.6. The van der Waals surface area contributed by atoms with Crippen molar-refractivity contribution in [2.75, 3.05) is 50.5 Å². The van der Waals surface area contributed by atoms with Crippen molar-refractivity contribution in [3.05, 3.63) is 53.2 Å². The molecule has 2 aromatic heterocycles. The molecule has 0 radical (unpaired) electrons. The smallest absolute Gasteiger partial charge is 0.418 e. The topological polar surface area (TPSA) is 101 Å². The lowest BCUT2D eigenvalue weighted by Crippen LogP contribution is -2.53. The summed E-state index contributed by atoms with van der Waals surface area (Å²) in [5.41, 5.74) is 2.84. The SMILES string of the molecule is C=CC(=O)N1CCN(c2nc(OC[C@@H]3C[CH+]CN3C)nc3c(F)c(-c4nc(N)cc(C)c4C(F)(F)F)c(Cl)cc23)[C@@H](C)C1. The second-order valence-electron chi connectivity index (χ2n) is 10.8. The van der Waals surface area contributed by atoms with Gasteiger partial charge in [0.15, 0.2) is 5.82 Å². The Hall–Kier alpha value is -3.84. The highest BCUT2D eigenvalue weighted by Crippen LogP contribution is 2.44. The van der Waals surface area contributed by atoms with Crippen LogP contribution in [0.5, 0.6) is 6.01 Å². The second-order valence-corrected chi connectivity index (χ2v) is 11.2. The van der Waals surface area contributed by atoms with Crippen LogP contribution in [0.1, 0.15) is 24.5 Å². The van der Waals surface area contributed by atoms with Crippen LogP contribution in [0.15, 0.2) is 24.8 Å². The maximum atomic E-state index is 16.5. The first kappa shape index (κ1) is 30.6. The summed E-state index contributed by atoms with van der Waals surface area (Å²) in [7, 11) is 1.95. The number of piperazine rings is 1. The molecule has 2 aliphatic rings. The van der Waals surface area contributed by atoms with E-state index in [1.807, 2.05) is 18.9 Å². The van der Waals surface area contributed by atoms with E-state index in [2.05, 4.69) is 32.9 Å². The number of nitrogens with two attached hydrogens (primary N) is 1. The summed E-state index contributed by atoms with van der Waals surface area (Å²) >= 11 is 6.54. The Labute approximate surface area is 251 Å². The largest absolute Gasteiger partial charge is 0.462 e. The Balaban J connectivity index is 1.68. The number of carbonyl (C=O) groups is 1. The van der Waals surface area contributed by atoms with E-state index in [9.17, 15) is 18.0 Å². The van der Waals surface area contributed by atoms with E-state index in [-0.39, 0.29) is 63.7 Å². The van der Waals surface area contributed by atoms with Crippen LogP contribution in [0.4, 0.5) is 29.2 Å². The molecular weight excluding hydrogens is 590 g/mol. The molecule has 2 N–H and O–H groups in total. The van der Waals surface area contributed by atoms with Gasteiger partial charge in [-0.3, -0.25) is 9.69 Å². The van der Waals surface area contributed by atoms with Gasteiger partial charge in [-0.05, 0) is 44.7 Å². The van der Waals surface area contributed by atoms with E-state index in [4.69, 9.17) is 22.1 Å². The van der Waals surface area contributed by atoms with Crippen molar-refractivity contribution in [1.82, 2.24) is 24.8 Å². The number of anilines is 2. The second kappa shape index (κ2) is 11.7. The first-order valence-electron chi connectivity index (χ1n) is 13.7. The predicted molar refractivity (Wildman–Crippen MR) is 156 cm³/mol. The van der Waals surface area contributed by atoms with E-state index in [1.54, 1.807) is 4.90 Å². The number of hydrogen-bond donors (Lipinski definition) is 1. The number of benzene rings is 1. The molecule has 0 spiro atoms. The Morgan fingerprint density at radius 2 is 2.02 bits per heavy atom. The van der Waals surface area contributed by atoms with Crippen molar-refractivity contribution in [1.29, 1.82) is 0 Å². The number of ether oxygens (including phenoxy) is 1. The third kappa shape index (κ3) is 5.87. The van der Waals surface area contributed by atoms with Crippen molar-refractivity contribution < 1.29 is 27.1 Å². The summed E-state index contributed by atoms with van der Waals surface area (Å²) in [5, 5.41) is -0.141. The summed E-state index contributed by atoms with van der Waals surface area (Å²) in [6.07, 6.45) is -0.733. The molecule has 1 aromatic carbocycles. The van der Waals surface area contributed by atoms with Crippen molar-refractivity contribution >= 4 is 40.0 Å². The van der Waals surface area contributed by atoms with E-state index in [0.29, 0.717) is 19.6 Å². The van der Waals surface area contributed by atoms with Gasteiger partial charge in [0.2, 0.25) is 5.91 Å². The number of likely N-dealkylation sites (N-methyl/N-ethyl adjacent to an activating group) is 1. The molecule has 2 saturated heterocycles. The predicted octanol–water partition coefficient (Wildman–Crippen LogP) is 4.90. The number of hydrogen-bond acceptors (Lipinski definition) is 8. The molecule has 2 atom stereocenters. The minimum atomic E-state index is -4.86. The number of carbonyl (C=O) groups excluding carboxylic acids is 1.